The van der Waals surface area contributed by atoms with Crippen LogP contribution in [0.4, 0.5) is 11.4 Å². The van der Waals surface area contributed by atoms with E-state index in [1.165, 1.54) is 11.1 Å². The summed E-state index contributed by atoms with van der Waals surface area (Å²) in [6.07, 6.45) is 15.8. The van der Waals surface area contributed by atoms with E-state index in [2.05, 4.69) is 61.7 Å². The molecule has 0 N–H and O–H groups in total. The lowest BCUT2D eigenvalue weighted by atomic mass is 10.1. The normalized spacial score (nSPS) is 14.5. The molecule has 4 nitrogen and oxygen atoms in total. The molecule has 0 heterocycles. The molecule has 0 spiro atoms. The second-order valence-corrected chi connectivity index (χ2v) is 9.10. The van der Waals surface area contributed by atoms with Crippen LogP contribution in [-0.2, 0) is 13.1 Å². The molecular formula is C34H30N4. The lowest BCUT2D eigenvalue weighted by molar-refractivity contribution is 0.845. The van der Waals surface area contributed by atoms with Gasteiger partial charge < -0.3 is 0 Å². The quantitative estimate of drug-likeness (QED) is 0.213. The molecule has 0 aromatic heterocycles. The highest BCUT2D eigenvalue weighted by molar-refractivity contribution is 5.89. The molecule has 186 valence electrons. The van der Waals surface area contributed by atoms with Gasteiger partial charge in [0.1, 0.15) is 0 Å². The Hall–Kier alpha value is -4.96. The zero-order chi connectivity index (χ0) is 26.2. The Morgan fingerprint density at radius 1 is 0.553 bits per heavy atom. The summed E-state index contributed by atoms with van der Waals surface area (Å²) in [4.78, 5) is 0. The molecule has 2 aliphatic rings. The molecule has 0 bridgehead atoms. The predicted molar refractivity (Wildman–Crippen MR) is 161 cm³/mol. The summed E-state index contributed by atoms with van der Waals surface area (Å²) in [6, 6.07) is 29.1. The van der Waals surface area contributed by atoms with Crippen LogP contribution in [0.25, 0.3) is 0 Å². The summed E-state index contributed by atoms with van der Waals surface area (Å²) >= 11 is 0. The van der Waals surface area contributed by atoms with Crippen LogP contribution < -0.4 is 10.0 Å². The second kappa shape index (κ2) is 11.8. The first-order valence-corrected chi connectivity index (χ1v) is 12.6. The maximum Gasteiger partial charge on any atom is 0.0666 e. The first kappa shape index (κ1) is 24.7. The van der Waals surface area contributed by atoms with E-state index in [9.17, 15) is 0 Å². The Kier molecular flexibility index (Phi) is 7.71. The third-order valence-corrected chi connectivity index (χ3v) is 6.36. The molecule has 0 amide bonds. The minimum absolute atomic E-state index is 0.651. The smallest absolute Gasteiger partial charge is 0.0666 e. The van der Waals surface area contributed by atoms with Gasteiger partial charge in [0.15, 0.2) is 0 Å². The van der Waals surface area contributed by atoms with Crippen molar-refractivity contribution in [2.75, 3.05) is 10.0 Å². The monoisotopic (exact) mass is 494 g/mol. The fourth-order valence-corrected chi connectivity index (χ4v) is 4.15. The summed E-state index contributed by atoms with van der Waals surface area (Å²) < 4.78 is 0. The van der Waals surface area contributed by atoms with E-state index in [1.807, 2.05) is 95.3 Å². The highest BCUT2D eigenvalue weighted by atomic mass is 15.5. The van der Waals surface area contributed by atoms with Gasteiger partial charge in [-0.1, -0.05) is 110 Å². The Balaban J connectivity index is 1.32. The molecule has 3 aromatic rings. The average Bonchev–Trinajstić information content (AvgIpc) is 3.57. The summed E-state index contributed by atoms with van der Waals surface area (Å²) in [5.41, 5.74) is 8.40. The van der Waals surface area contributed by atoms with Crippen molar-refractivity contribution in [3.05, 3.63) is 168 Å². The third kappa shape index (κ3) is 6.23. The standard InChI is InChI=1S/C34H30N4/c1-27-11-9-13-31(27)23-35-37(33-15-5-3-6-16-33)25-29-19-21-30(22-20-29)26-38(34-17-7-4-8-18-34)36-24-32-14-10-12-28(32)2/h3-24H,1-2,25-26H2/b35-23+,36-24+. The number of hydrazone groups is 2. The first-order valence-electron chi connectivity index (χ1n) is 12.6. The van der Waals surface area contributed by atoms with E-state index in [0.717, 1.165) is 33.7 Å². The van der Waals surface area contributed by atoms with Crippen LogP contribution in [0.5, 0.6) is 0 Å². The van der Waals surface area contributed by atoms with E-state index < -0.39 is 0 Å². The number of nitrogens with zero attached hydrogens (tertiary/aromatic N) is 4. The van der Waals surface area contributed by atoms with Crippen molar-refractivity contribution in [3.8, 4) is 0 Å². The number of anilines is 2. The highest BCUT2D eigenvalue weighted by Gasteiger charge is 2.10. The summed E-state index contributed by atoms with van der Waals surface area (Å²) in [6.45, 7) is 9.45. The van der Waals surface area contributed by atoms with Gasteiger partial charge in [-0.15, -0.1) is 0 Å². The van der Waals surface area contributed by atoms with Gasteiger partial charge in [-0.2, -0.15) is 10.2 Å². The van der Waals surface area contributed by atoms with Gasteiger partial charge in [0, 0.05) is 11.1 Å². The van der Waals surface area contributed by atoms with Crippen LogP contribution in [-0.4, -0.2) is 12.4 Å². The Morgan fingerprint density at radius 2 is 0.947 bits per heavy atom. The molecule has 0 fully saturated rings. The zero-order valence-electron chi connectivity index (χ0n) is 21.3. The van der Waals surface area contributed by atoms with Crippen molar-refractivity contribution in [3.63, 3.8) is 0 Å². The molecule has 0 aliphatic heterocycles. The van der Waals surface area contributed by atoms with Gasteiger partial charge in [-0.25, -0.2) is 0 Å². The average molecular weight is 495 g/mol. The lowest BCUT2D eigenvalue weighted by Crippen LogP contribution is -2.17. The zero-order valence-corrected chi connectivity index (χ0v) is 21.3. The molecule has 0 radical (unpaired) electrons. The van der Waals surface area contributed by atoms with Crippen molar-refractivity contribution >= 4 is 23.8 Å². The van der Waals surface area contributed by atoms with E-state index >= 15 is 0 Å². The number of hydrogen-bond donors (Lipinski definition) is 0. The number of rotatable bonds is 10. The van der Waals surface area contributed by atoms with Crippen LogP contribution >= 0.6 is 0 Å². The maximum absolute atomic E-state index is 4.79. The molecule has 3 aromatic carbocycles. The molecule has 0 saturated carbocycles. The van der Waals surface area contributed by atoms with Crippen LogP contribution in [0.2, 0.25) is 0 Å². The predicted octanol–water partition coefficient (Wildman–Crippen LogP) is 7.78. The van der Waals surface area contributed by atoms with Crippen molar-refractivity contribution in [2.45, 2.75) is 13.1 Å². The van der Waals surface area contributed by atoms with Gasteiger partial charge in [0.2, 0.25) is 0 Å². The topological polar surface area (TPSA) is 31.2 Å². The molecular weight excluding hydrogens is 464 g/mol. The number of allylic oxidation sites excluding steroid dienone is 10. The minimum atomic E-state index is 0.651. The van der Waals surface area contributed by atoms with E-state index in [-0.39, 0.29) is 0 Å². The van der Waals surface area contributed by atoms with Gasteiger partial charge in [0.05, 0.1) is 36.9 Å². The molecule has 0 unspecified atom stereocenters. The SMILES string of the molecule is C=C1C=CC=C1/C=N/N(Cc1ccc(CN(/N=C/C2=CC=CC2=C)c2ccccc2)cc1)c1ccccc1. The second-order valence-electron chi connectivity index (χ2n) is 9.10. The van der Waals surface area contributed by atoms with Gasteiger partial charge >= 0.3 is 0 Å². The van der Waals surface area contributed by atoms with Crippen molar-refractivity contribution < 1.29 is 0 Å². The van der Waals surface area contributed by atoms with Crippen LogP contribution in [0.15, 0.2) is 167 Å². The van der Waals surface area contributed by atoms with Crippen molar-refractivity contribution in [1.82, 2.24) is 0 Å². The van der Waals surface area contributed by atoms with Crippen LogP contribution in [0, 0.1) is 0 Å². The number of benzene rings is 3. The van der Waals surface area contributed by atoms with E-state index in [1.54, 1.807) is 0 Å². The van der Waals surface area contributed by atoms with Crippen LogP contribution in [0.3, 0.4) is 0 Å². The molecule has 38 heavy (non-hydrogen) atoms. The van der Waals surface area contributed by atoms with Crippen molar-refractivity contribution in [1.29, 1.82) is 0 Å². The summed E-state index contributed by atoms with van der Waals surface area (Å²) in [7, 11) is 0. The van der Waals surface area contributed by atoms with E-state index in [4.69, 9.17) is 10.2 Å². The minimum Gasteiger partial charge on any atom is -0.261 e. The third-order valence-electron chi connectivity index (χ3n) is 6.36. The van der Waals surface area contributed by atoms with Gasteiger partial charge in [-0.3, -0.25) is 10.0 Å². The Morgan fingerprint density at radius 3 is 1.29 bits per heavy atom. The van der Waals surface area contributed by atoms with E-state index in [0.29, 0.717) is 13.1 Å². The number of para-hydroxylation sites is 2. The van der Waals surface area contributed by atoms with Crippen LogP contribution in [0.1, 0.15) is 11.1 Å². The number of hydrogen-bond acceptors (Lipinski definition) is 4. The van der Waals surface area contributed by atoms with Gasteiger partial charge in [0.25, 0.3) is 0 Å². The summed E-state index contributed by atoms with van der Waals surface area (Å²) in [5, 5.41) is 13.6. The molecule has 4 heteroatoms. The molecule has 2 aliphatic carbocycles. The lowest BCUT2D eigenvalue weighted by Gasteiger charge is -2.21. The molecule has 5 rings (SSSR count). The Labute approximate surface area is 224 Å². The molecule has 0 atom stereocenters. The maximum atomic E-state index is 4.79. The highest BCUT2D eigenvalue weighted by Crippen LogP contribution is 2.22. The Bertz CT molecular complexity index is 1360. The fraction of sp³-hybridized carbons (Fsp3) is 0.0588. The van der Waals surface area contributed by atoms with Crippen molar-refractivity contribution in [2.24, 2.45) is 10.2 Å². The van der Waals surface area contributed by atoms with Gasteiger partial charge in [-0.05, 0) is 46.5 Å². The molecule has 0 saturated heterocycles. The first-order chi connectivity index (χ1) is 18.7. The largest absolute Gasteiger partial charge is 0.261 e. The fourth-order valence-electron chi connectivity index (χ4n) is 4.15. The summed E-state index contributed by atoms with van der Waals surface area (Å²) in [5.74, 6) is 0.